The van der Waals surface area contributed by atoms with Crippen molar-refractivity contribution in [1.82, 2.24) is 0 Å². The van der Waals surface area contributed by atoms with Crippen LogP contribution < -0.4 is 0 Å². The molecule has 13 heteroatoms. The highest BCUT2D eigenvalue weighted by atomic mass is 33.1. The van der Waals surface area contributed by atoms with Gasteiger partial charge in [-0.3, -0.25) is 4.99 Å². The number of allylic oxidation sites excluding steroid dienone is 1. The highest BCUT2D eigenvalue weighted by molar-refractivity contribution is 8.76. The third-order valence-electron chi connectivity index (χ3n) is 3.88. The van der Waals surface area contributed by atoms with Crippen molar-refractivity contribution in [3.63, 3.8) is 0 Å². The van der Waals surface area contributed by atoms with Crippen LogP contribution in [0.5, 0.6) is 0 Å². The second kappa shape index (κ2) is 12.0. The maximum atomic E-state index is 12.4. The van der Waals surface area contributed by atoms with Crippen molar-refractivity contribution in [2.75, 3.05) is 19.0 Å². The molecule has 1 aliphatic heterocycles. The lowest BCUT2D eigenvalue weighted by Gasteiger charge is -2.13. The molecule has 0 amide bonds. The maximum Gasteiger partial charge on any atom is 0.339 e. The summed E-state index contributed by atoms with van der Waals surface area (Å²) in [6.07, 6.45) is 2.06. The Bertz CT molecular complexity index is 846. The fraction of sp³-hybridized carbons (Fsp3) is 0.412. The first-order valence-electron chi connectivity index (χ1n) is 8.72. The lowest BCUT2D eigenvalue weighted by molar-refractivity contribution is -0.788. The molecule has 11 nitrogen and oxygen atoms in total. The fourth-order valence-corrected chi connectivity index (χ4v) is 4.77. The van der Waals surface area contributed by atoms with Crippen LogP contribution in [-0.4, -0.2) is 47.4 Å². The number of benzene rings is 1. The largest absolute Gasteiger partial charge is 0.462 e. The molecule has 0 spiro atoms. The topological polar surface area (TPSA) is 143 Å². The Labute approximate surface area is 179 Å². The van der Waals surface area contributed by atoms with Crippen LogP contribution in [0.3, 0.4) is 0 Å². The SMILES string of the molecule is CC1=C(CCOC(=O)c2ccccc2SSCC(CO[N+](=O)[O-])O[N+](=O)[O-])CC=N1. The minimum absolute atomic E-state index is 0.0241. The van der Waals surface area contributed by atoms with Gasteiger partial charge in [0.25, 0.3) is 10.2 Å². The number of hydrogen-bond donors (Lipinski definition) is 0. The van der Waals surface area contributed by atoms with Gasteiger partial charge >= 0.3 is 5.97 Å². The van der Waals surface area contributed by atoms with Gasteiger partial charge in [0.1, 0.15) is 12.7 Å². The van der Waals surface area contributed by atoms with Crippen LogP contribution in [0, 0.1) is 20.2 Å². The minimum atomic E-state index is -1.13. The van der Waals surface area contributed by atoms with E-state index in [1.807, 2.05) is 13.1 Å². The first-order valence-corrected chi connectivity index (χ1v) is 11.0. The van der Waals surface area contributed by atoms with Crippen LogP contribution in [-0.2, 0) is 14.4 Å². The summed E-state index contributed by atoms with van der Waals surface area (Å²) in [6, 6.07) is 6.77. The smallest absolute Gasteiger partial charge is 0.339 e. The van der Waals surface area contributed by atoms with E-state index < -0.39 is 28.9 Å². The fourth-order valence-electron chi connectivity index (χ4n) is 2.42. The van der Waals surface area contributed by atoms with Crippen molar-refractivity contribution in [3.8, 4) is 0 Å². The van der Waals surface area contributed by atoms with Crippen LogP contribution in [0.25, 0.3) is 0 Å². The Hall–Kier alpha value is -2.80. The Kier molecular flexibility index (Phi) is 9.41. The lowest BCUT2D eigenvalue weighted by Crippen LogP contribution is -2.26. The predicted octanol–water partition coefficient (Wildman–Crippen LogP) is 3.51. The molecular weight excluding hydrogens is 438 g/mol. The van der Waals surface area contributed by atoms with Gasteiger partial charge in [0.15, 0.2) is 0 Å². The summed E-state index contributed by atoms with van der Waals surface area (Å²) >= 11 is 0. The highest BCUT2D eigenvalue weighted by Crippen LogP contribution is 2.34. The van der Waals surface area contributed by atoms with E-state index in [9.17, 15) is 25.0 Å². The van der Waals surface area contributed by atoms with Crippen molar-refractivity contribution >= 4 is 33.8 Å². The number of carbonyl (C=O) groups excluding carboxylic acids is 1. The zero-order valence-electron chi connectivity index (χ0n) is 15.9. The van der Waals surface area contributed by atoms with Crippen molar-refractivity contribution in [2.45, 2.75) is 30.8 Å². The quantitative estimate of drug-likeness (QED) is 0.187. The van der Waals surface area contributed by atoms with E-state index in [1.165, 1.54) is 10.8 Å². The zero-order valence-corrected chi connectivity index (χ0v) is 17.6. The summed E-state index contributed by atoms with van der Waals surface area (Å²) in [5, 5.41) is 18.7. The molecule has 0 aliphatic carbocycles. The molecule has 0 N–H and O–H groups in total. The minimum Gasteiger partial charge on any atom is -0.462 e. The van der Waals surface area contributed by atoms with Crippen molar-refractivity contribution in [3.05, 3.63) is 61.3 Å². The summed E-state index contributed by atoms with van der Waals surface area (Å²) in [4.78, 5) is 46.5. The molecule has 162 valence electrons. The standard InChI is InChI=1S/C17H19N3O8S2/c1-12-13(6-8-18-12)7-9-26-17(21)15-4-2-3-5-16(15)30-29-11-14(28-20(24)25)10-27-19(22)23/h2-5,8,14H,6-7,9-11H2,1H3. The highest BCUT2D eigenvalue weighted by Gasteiger charge is 2.18. The number of nitrogens with zero attached hydrogens (tertiary/aromatic N) is 3. The van der Waals surface area contributed by atoms with Crippen LogP contribution in [0.4, 0.5) is 0 Å². The summed E-state index contributed by atoms with van der Waals surface area (Å²) in [5.41, 5.74) is 2.44. The van der Waals surface area contributed by atoms with E-state index in [-0.39, 0.29) is 12.4 Å². The Morgan fingerprint density at radius 3 is 2.70 bits per heavy atom. The monoisotopic (exact) mass is 457 g/mol. The van der Waals surface area contributed by atoms with Crippen LogP contribution in [0.1, 0.15) is 30.1 Å². The molecule has 1 atom stereocenters. The molecule has 1 heterocycles. The van der Waals surface area contributed by atoms with E-state index in [0.717, 1.165) is 28.5 Å². The zero-order chi connectivity index (χ0) is 21.9. The number of aliphatic imine (C=N–C) groups is 1. The molecule has 0 fully saturated rings. The summed E-state index contributed by atoms with van der Waals surface area (Å²) < 4.78 is 5.36. The second-order valence-electron chi connectivity index (χ2n) is 5.93. The number of ether oxygens (including phenoxy) is 1. The van der Waals surface area contributed by atoms with Crippen LogP contribution >= 0.6 is 21.6 Å². The van der Waals surface area contributed by atoms with Gasteiger partial charge in [-0.2, -0.15) is 0 Å². The van der Waals surface area contributed by atoms with Gasteiger partial charge < -0.3 is 14.4 Å². The summed E-state index contributed by atoms with van der Waals surface area (Å²) in [6.45, 7) is 1.57. The molecule has 1 aromatic rings. The number of rotatable bonds is 13. The average Bonchev–Trinajstić information content (AvgIpc) is 3.10. The van der Waals surface area contributed by atoms with Gasteiger partial charge in [0.2, 0.25) is 0 Å². The second-order valence-corrected chi connectivity index (χ2v) is 8.31. The van der Waals surface area contributed by atoms with E-state index in [2.05, 4.69) is 14.7 Å². The lowest BCUT2D eigenvalue weighted by atomic mass is 10.1. The predicted molar refractivity (Wildman–Crippen MR) is 110 cm³/mol. The van der Waals surface area contributed by atoms with Crippen molar-refractivity contribution in [1.29, 1.82) is 0 Å². The maximum absolute atomic E-state index is 12.4. The molecule has 0 saturated heterocycles. The number of hydrogen-bond acceptors (Lipinski definition) is 11. The Morgan fingerprint density at radius 1 is 1.27 bits per heavy atom. The molecule has 0 saturated carbocycles. The molecule has 0 bridgehead atoms. The number of carbonyl (C=O) groups is 1. The van der Waals surface area contributed by atoms with Gasteiger partial charge in [-0.05, 0) is 24.6 Å². The molecule has 1 aromatic carbocycles. The van der Waals surface area contributed by atoms with Gasteiger partial charge in [0, 0.05) is 35.4 Å². The van der Waals surface area contributed by atoms with Gasteiger partial charge in [-0.15, -0.1) is 20.2 Å². The van der Waals surface area contributed by atoms with E-state index in [0.29, 0.717) is 16.9 Å². The van der Waals surface area contributed by atoms with Gasteiger partial charge in [0.05, 0.1) is 12.2 Å². The summed E-state index contributed by atoms with van der Waals surface area (Å²) in [5.74, 6) is -0.457. The van der Waals surface area contributed by atoms with Crippen LogP contribution in [0.2, 0.25) is 0 Å². The summed E-state index contributed by atoms with van der Waals surface area (Å²) in [7, 11) is 2.32. The van der Waals surface area contributed by atoms with Gasteiger partial charge in [-0.25, -0.2) is 4.79 Å². The van der Waals surface area contributed by atoms with E-state index in [4.69, 9.17) is 4.74 Å². The van der Waals surface area contributed by atoms with Crippen molar-refractivity contribution in [2.24, 2.45) is 4.99 Å². The normalized spacial score (nSPS) is 13.8. The Balaban J connectivity index is 1.87. The molecule has 0 radical (unpaired) electrons. The first kappa shape index (κ1) is 23.5. The molecular formula is C17H19N3O8S2. The molecule has 2 rings (SSSR count). The van der Waals surface area contributed by atoms with Crippen molar-refractivity contribution < 1.29 is 29.4 Å². The van der Waals surface area contributed by atoms with Crippen LogP contribution in [0.15, 0.2) is 45.4 Å². The van der Waals surface area contributed by atoms with Gasteiger partial charge in [-0.1, -0.05) is 33.7 Å². The van der Waals surface area contributed by atoms with E-state index in [1.54, 1.807) is 24.3 Å². The number of esters is 1. The molecule has 30 heavy (non-hydrogen) atoms. The first-order chi connectivity index (χ1) is 14.4. The Morgan fingerprint density at radius 2 is 2.03 bits per heavy atom. The molecule has 1 aliphatic rings. The molecule has 0 aromatic heterocycles. The molecule has 1 unspecified atom stereocenters. The third-order valence-corrected chi connectivity index (χ3v) is 6.34. The third kappa shape index (κ3) is 7.91. The average molecular weight is 457 g/mol. The van der Waals surface area contributed by atoms with E-state index >= 15 is 0 Å².